The van der Waals surface area contributed by atoms with Crippen LogP contribution in [0.2, 0.25) is 5.02 Å². The first-order chi connectivity index (χ1) is 18.8. The molecule has 0 spiro atoms. The van der Waals surface area contributed by atoms with Crippen LogP contribution < -0.4 is 9.64 Å². The molecule has 2 amide bonds. The lowest BCUT2D eigenvalue weighted by Gasteiger charge is -2.35. The van der Waals surface area contributed by atoms with E-state index in [0.717, 1.165) is 55.1 Å². The van der Waals surface area contributed by atoms with Crippen molar-refractivity contribution in [2.75, 3.05) is 52.3 Å². The molecule has 40 heavy (non-hydrogen) atoms. The fourth-order valence-electron chi connectivity index (χ4n) is 4.98. The molecule has 1 saturated heterocycles. The van der Waals surface area contributed by atoms with Crippen molar-refractivity contribution >= 4 is 29.1 Å². The zero-order valence-corrected chi connectivity index (χ0v) is 24.1. The van der Waals surface area contributed by atoms with Gasteiger partial charge in [-0.15, -0.1) is 0 Å². The highest BCUT2D eigenvalue weighted by Crippen LogP contribution is 2.41. The molecular formula is C29H37ClF3N3O4. The van der Waals surface area contributed by atoms with E-state index in [9.17, 15) is 27.9 Å². The molecule has 1 unspecified atom stereocenters. The lowest BCUT2D eigenvalue weighted by molar-refractivity contribution is -0.261. The molecule has 7 nitrogen and oxygen atoms in total. The number of carbonyl (C=O) groups is 2. The van der Waals surface area contributed by atoms with Gasteiger partial charge in [0.05, 0.1) is 17.2 Å². The summed E-state index contributed by atoms with van der Waals surface area (Å²) in [4.78, 5) is 29.8. The van der Waals surface area contributed by atoms with Gasteiger partial charge in [-0.2, -0.15) is 13.2 Å². The van der Waals surface area contributed by atoms with Crippen molar-refractivity contribution in [1.82, 2.24) is 9.80 Å². The summed E-state index contributed by atoms with van der Waals surface area (Å²) in [5.74, 6) is -1.08. The Labute approximate surface area is 238 Å². The summed E-state index contributed by atoms with van der Waals surface area (Å²) in [5.41, 5.74) is -2.87. The molecule has 2 aromatic rings. The Kier molecular flexibility index (Phi) is 10.3. The van der Waals surface area contributed by atoms with E-state index < -0.39 is 23.2 Å². The minimum atomic E-state index is -5.21. The summed E-state index contributed by atoms with van der Waals surface area (Å²) in [6.07, 6.45) is -2.20. The smallest absolute Gasteiger partial charge is 0.430 e. The third-order valence-electron chi connectivity index (χ3n) is 7.30. The van der Waals surface area contributed by atoms with Crippen molar-refractivity contribution in [2.45, 2.75) is 44.4 Å². The summed E-state index contributed by atoms with van der Waals surface area (Å²) < 4.78 is 47.4. The molecule has 0 saturated carbocycles. The van der Waals surface area contributed by atoms with E-state index in [1.807, 2.05) is 6.07 Å². The SMILES string of the molecule is CCOc1cccc(C(O)(C(=O)N(C)CCCC2CCN(c3ccc(C(=O)N(C)C)c(Cl)c3)CC2)C(F)(F)F)c1. The molecule has 1 fully saturated rings. The first kappa shape index (κ1) is 31.5. The molecule has 0 bridgehead atoms. The third kappa shape index (κ3) is 7.01. The zero-order chi connectivity index (χ0) is 29.7. The maximum absolute atomic E-state index is 14.1. The van der Waals surface area contributed by atoms with Gasteiger partial charge < -0.3 is 24.5 Å². The summed E-state index contributed by atoms with van der Waals surface area (Å²) in [6.45, 7) is 3.56. The van der Waals surface area contributed by atoms with Crippen LogP contribution in [0, 0.1) is 5.92 Å². The van der Waals surface area contributed by atoms with Crippen LogP contribution in [0.3, 0.4) is 0 Å². The van der Waals surface area contributed by atoms with Crippen LogP contribution in [0.1, 0.15) is 48.5 Å². The Hall–Kier alpha value is -2.98. The average molecular weight is 584 g/mol. The molecule has 220 valence electrons. The van der Waals surface area contributed by atoms with E-state index in [1.54, 1.807) is 33.2 Å². The monoisotopic (exact) mass is 583 g/mol. The Morgan fingerprint density at radius 1 is 1.10 bits per heavy atom. The van der Waals surface area contributed by atoms with Crippen molar-refractivity contribution in [1.29, 1.82) is 0 Å². The van der Waals surface area contributed by atoms with Crippen LogP contribution in [0.5, 0.6) is 5.75 Å². The standard InChI is InChI=1S/C29H37ClF3N3O4/c1-5-40-23-10-6-9-21(18-23)28(39,29(31,32)33)27(38)35(4)15-7-8-20-13-16-36(17-14-20)22-11-12-24(25(30)19-22)26(37)34(2)3/h6,9-12,18-20,39H,5,7-8,13-17H2,1-4H3. The highest BCUT2D eigenvalue weighted by molar-refractivity contribution is 6.34. The highest BCUT2D eigenvalue weighted by Gasteiger charge is 2.61. The van der Waals surface area contributed by atoms with Crippen LogP contribution >= 0.6 is 11.6 Å². The van der Waals surface area contributed by atoms with Crippen molar-refractivity contribution in [3.63, 3.8) is 0 Å². The Bertz CT molecular complexity index is 1190. The quantitative estimate of drug-likeness (QED) is 0.408. The molecule has 2 aromatic carbocycles. The molecule has 1 aliphatic rings. The number of alkyl halides is 3. The molecule has 1 aliphatic heterocycles. The van der Waals surface area contributed by atoms with Crippen LogP contribution in [0.15, 0.2) is 42.5 Å². The van der Waals surface area contributed by atoms with Gasteiger partial charge in [0.1, 0.15) is 5.75 Å². The normalized spacial score (nSPS) is 15.9. The van der Waals surface area contributed by atoms with E-state index in [-0.39, 0.29) is 24.8 Å². The molecule has 11 heteroatoms. The summed E-state index contributed by atoms with van der Waals surface area (Å²) >= 11 is 6.36. The Morgan fingerprint density at radius 3 is 2.35 bits per heavy atom. The van der Waals surface area contributed by atoms with Gasteiger partial charge in [0, 0.05) is 52.0 Å². The molecule has 0 aromatic heterocycles. The maximum Gasteiger partial charge on any atom is 0.430 e. The van der Waals surface area contributed by atoms with Gasteiger partial charge in [-0.3, -0.25) is 9.59 Å². The van der Waals surface area contributed by atoms with Gasteiger partial charge in [0.2, 0.25) is 0 Å². The number of aliphatic hydroxyl groups is 1. The van der Waals surface area contributed by atoms with Crippen molar-refractivity contribution in [3.8, 4) is 5.75 Å². The van der Waals surface area contributed by atoms with Crippen LogP contribution in [0.25, 0.3) is 0 Å². The first-order valence-corrected chi connectivity index (χ1v) is 13.7. The number of ether oxygens (including phenoxy) is 1. The van der Waals surface area contributed by atoms with Gasteiger partial charge in [0.15, 0.2) is 0 Å². The number of benzene rings is 2. The number of hydrogen-bond acceptors (Lipinski definition) is 5. The average Bonchev–Trinajstić information content (AvgIpc) is 2.91. The number of anilines is 1. The number of rotatable bonds is 10. The summed E-state index contributed by atoms with van der Waals surface area (Å²) in [7, 11) is 4.62. The lowest BCUT2D eigenvalue weighted by atomic mass is 9.90. The van der Waals surface area contributed by atoms with Crippen molar-refractivity contribution in [2.24, 2.45) is 5.92 Å². The molecule has 1 heterocycles. The Balaban J connectivity index is 1.55. The molecule has 0 aliphatic carbocycles. The number of halogens is 4. The number of hydrogen-bond donors (Lipinski definition) is 1. The molecule has 3 rings (SSSR count). The largest absolute Gasteiger partial charge is 0.494 e. The number of likely N-dealkylation sites (N-methyl/N-ethyl adjacent to an activating group) is 1. The lowest BCUT2D eigenvalue weighted by Crippen LogP contribution is -2.55. The number of carbonyl (C=O) groups excluding carboxylic acids is 2. The highest BCUT2D eigenvalue weighted by atomic mass is 35.5. The second-order valence-electron chi connectivity index (χ2n) is 10.3. The summed E-state index contributed by atoms with van der Waals surface area (Å²) in [5, 5.41) is 11.1. The van der Waals surface area contributed by atoms with Gasteiger partial charge >= 0.3 is 6.18 Å². The summed E-state index contributed by atoms with van der Waals surface area (Å²) in [6, 6.07) is 10.3. The Morgan fingerprint density at radius 2 is 1.77 bits per heavy atom. The molecular weight excluding hydrogens is 547 g/mol. The van der Waals surface area contributed by atoms with E-state index in [1.165, 1.54) is 24.1 Å². The second kappa shape index (κ2) is 13.1. The first-order valence-electron chi connectivity index (χ1n) is 13.3. The van der Waals surface area contributed by atoms with E-state index in [2.05, 4.69) is 4.90 Å². The van der Waals surface area contributed by atoms with Gasteiger partial charge in [-0.1, -0.05) is 23.7 Å². The van der Waals surface area contributed by atoms with Gasteiger partial charge in [-0.25, -0.2) is 0 Å². The van der Waals surface area contributed by atoms with Crippen molar-refractivity contribution < 1.29 is 32.6 Å². The number of nitrogens with zero attached hydrogens (tertiary/aromatic N) is 3. The van der Waals surface area contributed by atoms with Crippen molar-refractivity contribution in [3.05, 3.63) is 58.6 Å². The fourth-order valence-corrected chi connectivity index (χ4v) is 5.23. The molecule has 0 radical (unpaired) electrons. The minimum absolute atomic E-state index is 0.0829. The van der Waals surface area contributed by atoms with Crippen LogP contribution in [-0.4, -0.2) is 80.3 Å². The van der Waals surface area contributed by atoms with E-state index in [0.29, 0.717) is 22.9 Å². The molecule has 1 N–H and O–H groups in total. The van der Waals surface area contributed by atoms with E-state index in [4.69, 9.17) is 16.3 Å². The fraction of sp³-hybridized carbons (Fsp3) is 0.517. The van der Waals surface area contributed by atoms with Crippen LogP contribution in [-0.2, 0) is 10.4 Å². The second-order valence-corrected chi connectivity index (χ2v) is 10.7. The van der Waals surface area contributed by atoms with E-state index >= 15 is 0 Å². The zero-order valence-electron chi connectivity index (χ0n) is 23.3. The van der Waals surface area contributed by atoms with Gasteiger partial charge in [-0.05, 0) is 68.9 Å². The molecule has 1 atom stereocenters. The predicted octanol–water partition coefficient (Wildman–Crippen LogP) is 5.35. The number of amides is 2. The maximum atomic E-state index is 14.1. The van der Waals surface area contributed by atoms with Gasteiger partial charge in [0.25, 0.3) is 17.4 Å². The predicted molar refractivity (Wildman–Crippen MR) is 149 cm³/mol. The minimum Gasteiger partial charge on any atom is -0.494 e. The topological polar surface area (TPSA) is 73.3 Å². The number of piperidine rings is 1. The van der Waals surface area contributed by atoms with Crippen LogP contribution in [0.4, 0.5) is 18.9 Å². The third-order valence-corrected chi connectivity index (χ3v) is 7.62.